The summed E-state index contributed by atoms with van der Waals surface area (Å²) in [5, 5.41) is 6.81. The number of ether oxygens (including phenoxy) is 1. The van der Waals surface area contributed by atoms with Gasteiger partial charge < -0.3 is 10.1 Å². The van der Waals surface area contributed by atoms with Crippen LogP contribution in [0.2, 0.25) is 0 Å². The molecule has 3 aromatic rings. The average molecular weight is 376 g/mol. The van der Waals surface area contributed by atoms with E-state index in [0.29, 0.717) is 0 Å². The van der Waals surface area contributed by atoms with E-state index >= 15 is 0 Å². The third-order valence-electron chi connectivity index (χ3n) is 3.64. The first-order chi connectivity index (χ1) is 12.8. The summed E-state index contributed by atoms with van der Waals surface area (Å²) in [6, 6.07) is 6.59. The van der Waals surface area contributed by atoms with Crippen LogP contribution in [0.1, 0.15) is 15.9 Å². The molecular weight excluding hydrogens is 361 g/mol. The molecule has 6 nitrogen and oxygen atoms in total. The van der Waals surface area contributed by atoms with Crippen molar-refractivity contribution < 1.29 is 22.7 Å². The molecule has 0 aliphatic carbocycles. The van der Waals surface area contributed by atoms with Crippen molar-refractivity contribution in [3.8, 4) is 16.9 Å². The Labute approximate surface area is 152 Å². The number of aromatic nitrogens is 3. The number of benzene rings is 1. The number of alkyl halides is 3. The number of amides is 1. The van der Waals surface area contributed by atoms with Crippen LogP contribution < -0.4 is 10.1 Å². The average Bonchev–Trinajstić information content (AvgIpc) is 3.06. The molecule has 0 atom stereocenters. The number of nitrogens with zero attached hydrogens (tertiary/aromatic N) is 3. The highest BCUT2D eigenvalue weighted by molar-refractivity contribution is 5.94. The van der Waals surface area contributed by atoms with Crippen molar-refractivity contribution >= 4 is 5.91 Å². The van der Waals surface area contributed by atoms with Gasteiger partial charge in [0.25, 0.3) is 5.91 Å². The molecule has 0 spiro atoms. The topological polar surface area (TPSA) is 69.0 Å². The molecule has 0 fully saturated rings. The first kappa shape index (κ1) is 18.4. The summed E-state index contributed by atoms with van der Waals surface area (Å²) in [5.41, 5.74) is 2.77. The van der Waals surface area contributed by atoms with Crippen LogP contribution in [-0.4, -0.2) is 27.0 Å². The number of aryl methyl sites for hydroxylation is 1. The Morgan fingerprint density at radius 2 is 1.89 bits per heavy atom. The number of halogens is 3. The molecule has 2 aromatic heterocycles. The van der Waals surface area contributed by atoms with Crippen LogP contribution in [0.3, 0.4) is 0 Å². The molecule has 1 N–H and O–H groups in total. The van der Waals surface area contributed by atoms with E-state index in [2.05, 4.69) is 20.1 Å². The van der Waals surface area contributed by atoms with Crippen molar-refractivity contribution in [2.24, 2.45) is 7.05 Å². The van der Waals surface area contributed by atoms with Gasteiger partial charge in [-0.05, 0) is 35.9 Å². The Morgan fingerprint density at radius 1 is 1.15 bits per heavy atom. The van der Waals surface area contributed by atoms with Gasteiger partial charge in [0.05, 0.1) is 6.20 Å². The van der Waals surface area contributed by atoms with E-state index in [-0.39, 0.29) is 17.9 Å². The van der Waals surface area contributed by atoms with Crippen LogP contribution in [0.25, 0.3) is 11.1 Å². The normalized spacial score (nSPS) is 11.3. The zero-order chi connectivity index (χ0) is 19.4. The predicted octanol–water partition coefficient (Wildman–Crippen LogP) is 3.31. The van der Waals surface area contributed by atoms with Crippen molar-refractivity contribution in [3.63, 3.8) is 0 Å². The Kier molecular flexibility index (Phi) is 5.11. The Balaban J connectivity index is 1.62. The minimum atomic E-state index is -4.77. The largest absolute Gasteiger partial charge is 0.573 e. The van der Waals surface area contributed by atoms with Gasteiger partial charge in [-0.3, -0.25) is 14.5 Å². The second-order valence-electron chi connectivity index (χ2n) is 5.74. The fourth-order valence-electron chi connectivity index (χ4n) is 2.40. The van der Waals surface area contributed by atoms with Crippen molar-refractivity contribution in [2.75, 3.05) is 0 Å². The fraction of sp³-hybridized carbons (Fsp3) is 0.167. The smallest absolute Gasteiger partial charge is 0.406 e. The van der Waals surface area contributed by atoms with E-state index in [1.165, 1.54) is 12.1 Å². The van der Waals surface area contributed by atoms with Gasteiger partial charge in [0.15, 0.2) is 0 Å². The Bertz CT molecular complexity index is 936. The van der Waals surface area contributed by atoms with Gasteiger partial charge in [0.2, 0.25) is 0 Å². The summed E-state index contributed by atoms with van der Waals surface area (Å²) in [6.45, 7) is 0.223. The van der Waals surface area contributed by atoms with Crippen LogP contribution >= 0.6 is 0 Å². The van der Waals surface area contributed by atoms with E-state index in [1.807, 2.05) is 19.3 Å². The standard InChI is InChI=1S/C18H15F3N4O2/c1-25-11-15(10-24-25)14-6-12(7-22-9-14)8-23-17(26)13-2-4-16(5-3-13)27-18(19,20)21/h2-7,9-11H,8H2,1H3,(H,23,26). The lowest BCUT2D eigenvalue weighted by Gasteiger charge is -2.10. The van der Waals surface area contributed by atoms with E-state index in [9.17, 15) is 18.0 Å². The van der Waals surface area contributed by atoms with Crippen LogP contribution in [0.5, 0.6) is 5.75 Å². The molecular formula is C18H15F3N4O2. The molecule has 27 heavy (non-hydrogen) atoms. The molecule has 1 aromatic carbocycles. The molecule has 0 unspecified atom stereocenters. The van der Waals surface area contributed by atoms with Crippen molar-refractivity contribution in [1.82, 2.24) is 20.1 Å². The number of rotatable bonds is 5. The van der Waals surface area contributed by atoms with Crippen molar-refractivity contribution in [1.29, 1.82) is 0 Å². The molecule has 0 saturated carbocycles. The summed E-state index contributed by atoms with van der Waals surface area (Å²) < 4.78 is 41.9. The zero-order valence-corrected chi connectivity index (χ0v) is 14.2. The minimum Gasteiger partial charge on any atom is -0.406 e. The molecule has 1 amide bonds. The second kappa shape index (κ2) is 7.48. The number of carbonyl (C=O) groups is 1. The van der Waals surface area contributed by atoms with E-state index in [0.717, 1.165) is 28.8 Å². The molecule has 0 aliphatic rings. The molecule has 9 heteroatoms. The third kappa shape index (κ3) is 5.06. The number of carbonyl (C=O) groups excluding carboxylic acids is 1. The summed E-state index contributed by atoms with van der Waals surface area (Å²) in [4.78, 5) is 16.3. The van der Waals surface area contributed by atoms with Crippen molar-refractivity contribution in [3.05, 3.63) is 66.2 Å². The Morgan fingerprint density at radius 3 is 2.52 bits per heavy atom. The van der Waals surface area contributed by atoms with Gasteiger partial charge in [0.1, 0.15) is 5.75 Å². The highest BCUT2D eigenvalue weighted by atomic mass is 19.4. The summed E-state index contributed by atoms with van der Waals surface area (Å²) in [5.74, 6) is -0.798. The maximum absolute atomic E-state index is 12.2. The predicted molar refractivity (Wildman–Crippen MR) is 90.7 cm³/mol. The summed E-state index contributed by atoms with van der Waals surface area (Å²) in [6.07, 6.45) is 2.12. The van der Waals surface area contributed by atoms with Gasteiger partial charge in [-0.2, -0.15) is 5.10 Å². The highest BCUT2D eigenvalue weighted by Gasteiger charge is 2.31. The maximum atomic E-state index is 12.2. The van der Waals surface area contributed by atoms with E-state index < -0.39 is 12.3 Å². The number of pyridine rings is 1. The number of nitrogens with one attached hydrogen (secondary N) is 1. The molecule has 0 aliphatic heterocycles. The summed E-state index contributed by atoms with van der Waals surface area (Å²) >= 11 is 0. The van der Waals surface area contributed by atoms with Crippen LogP contribution in [0, 0.1) is 0 Å². The first-order valence-corrected chi connectivity index (χ1v) is 7.87. The molecule has 0 radical (unpaired) electrons. The van der Waals surface area contributed by atoms with Gasteiger partial charge >= 0.3 is 6.36 Å². The lowest BCUT2D eigenvalue weighted by Crippen LogP contribution is -2.23. The number of hydrogen-bond acceptors (Lipinski definition) is 4. The minimum absolute atomic E-state index is 0.223. The Hall–Kier alpha value is -3.36. The molecule has 3 rings (SSSR count). The zero-order valence-electron chi connectivity index (χ0n) is 14.2. The highest BCUT2D eigenvalue weighted by Crippen LogP contribution is 2.23. The molecule has 0 saturated heterocycles. The second-order valence-corrected chi connectivity index (χ2v) is 5.74. The quantitative estimate of drug-likeness (QED) is 0.742. The monoisotopic (exact) mass is 376 g/mol. The van der Waals surface area contributed by atoms with Gasteiger partial charge in [-0.15, -0.1) is 13.2 Å². The number of hydrogen-bond donors (Lipinski definition) is 1. The third-order valence-corrected chi connectivity index (χ3v) is 3.64. The van der Waals surface area contributed by atoms with Gasteiger partial charge in [-0.25, -0.2) is 0 Å². The maximum Gasteiger partial charge on any atom is 0.573 e. The lowest BCUT2D eigenvalue weighted by atomic mass is 10.1. The van der Waals surface area contributed by atoms with Crippen LogP contribution in [0.4, 0.5) is 13.2 Å². The molecule has 2 heterocycles. The fourth-order valence-corrected chi connectivity index (χ4v) is 2.40. The van der Waals surface area contributed by atoms with E-state index in [1.54, 1.807) is 23.3 Å². The van der Waals surface area contributed by atoms with Crippen LogP contribution in [-0.2, 0) is 13.6 Å². The van der Waals surface area contributed by atoms with Gasteiger partial charge in [-0.1, -0.05) is 0 Å². The van der Waals surface area contributed by atoms with Gasteiger partial charge in [0, 0.05) is 48.9 Å². The molecule has 0 bridgehead atoms. The van der Waals surface area contributed by atoms with Crippen molar-refractivity contribution in [2.45, 2.75) is 12.9 Å². The molecule has 140 valence electrons. The van der Waals surface area contributed by atoms with Crippen LogP contribution in [0.15, 0.2) is 55.1 Å². The first-order valence-electron chi connectivity index (χ1n) is 7.87. The lowest BCUT2D eigenvalue weighted by molar-refractivity contribution is -0.274. The van der Waals surface area contributed by atoms with E-state index in [4.69, 9.17) is 0 Å². The summed E-state index contributed by atoms with van der Waals surface area (Å²) in [7, 11) is 1.81. The SMILES string of the molecule is Cn1cc(-c2cncc(CNC(=O)c3ccc(OC(F)(F)F)cc3)c2)cn1.